The molecular weight excluding hydrogens is 292 g/mol. The highest BCUT2D eigenvalue weighted by Crippen LogP contribution is 2.27. The second kappa shape index (κ2) is 6.09. The number of aromatic amines is 1. The van der Waals surface area contributed by atoms with Crippen molar-refractivity contribution in [2.24, 2.45) is 5.92 Å². The van der Waals surface area contributed by atoms with Crippen molar-refractivity contribution in [2.75, 3.05) is 0 Å². The van der Waals surface area contributed by atoms with Crippen molar-refractivity contribution in [3.05, 3.63) is 20.5 Å². The van der Waals surface area contributed by atoms with Gasteiger partial charge in [-0.2, -0.15) is 0 Å². The van der Waals surface area contributed by atoms with Gasteiger partial charge in [0.15, 0.2) is 0 Å². The molecule has 18 heavy (non-hydrogen) atoms. The lowest BCUT2D eigenvalue weighted by atomic mass is 10.1. The maximum Gasteiger partial charge on any atom is 0.281 e. The van der Waals surface area contributed by atoms with Crippen LogP contribution in [0.1, 0.15) is 64.1 Å². The van der Waals surface area contributed by atoms with E-state index in [1.54, 1.807) is 0 Å². The molecule has 3 nitrogen and oxygen atoms in total. The first kappa shape index (κ1) is 13.9. The van der Waals surface area contributed by atoms with Gasteiger partial charge in [0, 0.05) is 0 Å². The molecule has 1 heterocycles. The number of H-pyrrole nitrogens is 1. The fourth-order valence-electron chi connectivity index (χ4n) is 2.80. The topological polar surface area (TPSA) is 37.8 Å². The predicted molar refractivity (Wildman–Crippen MR) is 78.0 cm³/mol. The molecule has 1 saturated carbocycles. The second-order valence-corrected chi connectivity index (χ2v) is 6.62. The van der Waals surface area contributed by atoms with Gasteiger partial charge in [0.2, 0.25) is 0 Å². The number of nitrogens with zero attached hydrogens (tertiary/aromatic N) is 1. The summed E-state index contributed by atoms with van der Waals surface area (Å²) in [7, 11) is 0. The fraction of sp³-hybridized carbons (Fsp3) is 0.786. The molecule has 2 rings (SSSR count). The van der Waals surface area contributed by atoms with Crippen molar-refractivity contribution in [2.45, 2.75) is 64.8 Å². The molecule has 1 aliphatic carbocycles. The zero-order valence-electron chi connectivity index (χ0n) is 11.3. The van der Waals surface area contributed by atoms with Gasteiger partial charge in [-0.25, -0.2) is 4.68 Å². The third-order valence-corrected chi connectivity index (χ3v) is 4.55. The average molecular weight is 315 g/mol. The van der Waals surface area contributed by atoms with Crippen LogP contribution in [0.25, 0.3) is 0 Å². The molecule has 0 radical (unpaired) electrons. The normalized spacial score (nSPS) is 18.2. The summed E-state index contributed by atoms with van der Waals surface area (Å²) in [6.07, 6.45) is 8.30. The Morgan fingerprint density at radius 1 is 1.28 bits per heavy atom. The molecular formula is C14H23BrN2O. The smallest absolute Gasteiger partial charge is 0.281 e. The molecule has 0 unspecified atom stereocenters. The van der Waals surface area contributed by atoms with Crippen molar-refractivity contribution >= 4 is 15.9 Å². The van der Waals surface area contributed by atoms with Gasteiger partial charge in [-0.3, -0.25) is 9.89 Å². The maximum atomic E-state index is 12.3. The van der Waals surface area contributed by atoms with E-state index >= 15 is 0 Å². The van der Waals surface area contributed by atoms with Crippen LogP contribution in [0.15, 0.2) is 9.27 Å². The van der Waals surface area contributed by atoms with Gasteiger partial charge in [0.1, 0.15) is 4.47 Å². The molecule has 1 aromatic rings. The van der Waals surface area contributed by atoms with Gasteiger partial charge in [-0.05, 0) is 41.1 Å². The summed E-state index contributed by atoms with van der Waals surface area (Å²) >= 11 is 3.45. The van der Waals surface area contributed by atoms with Gasteiger partial charge < -0.3 is 0 Å². The number of aromatic nitrogens is 2. The summed E-state index contributed by atoms with van der Waals surface area (Å²) in [5, 5.41) is 3.34. The number of rotatable bonds is 3. The van der Waals surface area contributed by atoms with Crippen molar-refractivity contribution in [1.29, 1.82) is 0 Å². The van der Waals surface area contributed by atoms with Crippen LogP contribution in [0.2, 0.25) is 0 Å². The third kappa shape index (κ3) is 3.08. The van der Waals surface area contributed by atoms with Crippen molar-refractivity contribution in [1.82, 2.24) is 9.78 Å². The molecule has 0 bridgehead atoms. The lowest BCUT2D eigenvalue weighted by Gasteiger charge is -2.14. The van der Waals surface area contributed by atoms with Gasteiger partial charge >= 0.3 is 0 Å². The Labute approximate surface area is 117 Å². The SMILES string of the molecule is CC(C)Cc1[nH]n(C2CCCCCC2)c(=O)c1Br. The van der Waals surface area contributed by atoms with Crippen LogP contribution in [0.4, 0.5) is 0 Å². The van der Waals surface area contributed by atoms with Gasteiger partial charge in [-0.1, -0.05) is 39.5 Å². The molecule has 102 valence electrons. The minimum absolute atomic E-state index is 0.123. The standard InChI is InChI=1S/C14H23BrN2O/c1-10(2)9-12-13(15)14(18)17(16-12)11-7-5-3-4-6-8-11/h10-11,16H,3-9H2,1-2H3. The van der Waals surface area contributed by atoms with Gasteiger partial charge in [0.05, 0.1) is 11.7 Å². The number of halogens is 1. The Balaban J connectivity index is 2.24. The van der Waals surface area contributed by atoms with Crippen LogP contribution in [-0.2, 0) is 6.42 Å². The Morgan fingerprint density at radius 3 is 2.44 bits per heavy atom. The highest BCUT2D eigenvalue weighted by molar-refractivity contribution is 9.10. The second-order valence-electron chi connectivity index (χ2n) is 5.82. The van der Waals surface area contributed by atoms with E-state index in [0.29, 0.717) is 12.0 Å². The van der Waals surface area contributed by atoms with Crippen LogP contribution >= 0.6 is 15.9 Å². The van der Waals surface area contributed by atoms with Crippen LogP contribution in [0.3, 0.4) is 0 Å². The van der Waals surface area contributed by atoms with Crippen molar-refractivity contribution in [3.63, 3.8) is 0 Å². The van der Waals surface area contributed by atoms with Gasteiger partial charge in [0.25, 0.3) is 5.56 Å². The molecule has 1 fully saturated rings. The highest BCUT2D eigenvalue weighted by atomic mass is 79.9. The summed E-state index contributed by atoms with van der Waals surface area (Å²) < 4.78 is 2.60. The average Bonchev–Trinajstić information content (AvgIpc) is 2.57. The Kier molecular flexibility index (Phi) is 4.71. The molecule has 4 heteroatoms. The highest BCUT2D eigenvalue weighted by Gasteiger charge is 2.20. The Morgan fingerprint density at radius 2 is 1.89 bits per heavy atom. The molecule has 0 saturated heterocycles. The monoisotopic (exact) mass is 314 g/mol. The summed E-state index contributed by atoms with van der Waals surface area (Å²) in [6.45, 7) is 4.35. The van der Waals surface area contributed by atoms with Crippen LogP contribution in [0.5, 0.6) is 0 Å². The van der Waals surface area contributed by atoms with Crippen molar-refractivity contribution in [3.8, 4) is 0 Å². The van der Waals surface area contributed by atoms with E-state index in [4.69, 9.17) is 0 Å². The number of nitrogens with one attached hydrogen (secondary N) is 1. The Bertz CT molecular complexity index is 439. The molecule has 1 aromatic heterocycles. The van der Waals surface area contributed by atoms with E-state index in [9.17, 15) is 4.79 Å². The fourth-order valence-corrected chi connectivity index (χ4v) is 3.24. The lowest BCUT2D eigenvalue weighted by Crippen LogP contribution is -2.22. The molecule has 0 spiro atoms. The van der Waals surface area contributed by atoms with Crippen LogP contribution < -0.4 is 5.56 Å². The summed E-state index contributed by atoms with van der Waals surface area (Å²) in [5.74, 6) is 0.557. The van der Waals surface area contributed by atoms with Crippen LogP contribution in [-0.4, -0.2) is 9.78 Å². The summed E-state index contributed by atoms with van der Waals surface area (Å²) in [6, 6.07) is 0.372. The summed E-state index contributed by atoms with van der Waals surface area (Å²) in [4.78, 5) is 12.3. The molecule has 0 aromatic carbocycles. The molecule has 0 aliphatic heterocycles. The molecule has 0 amide bonds. The lowest BCUT2D eigenvalue weighted by molar-refractivity contribution is 0.392. The van der Waals surface area contributed by atoms with E-state index < -0.39 is 0 Å². The predicted octanol–water partition coefficient (Wildman–Crippen LogP) is 4.03. The molecule has 1 aliphatic rings. The van der Waals surface area contributed by atoms with Crippen LogP contribution in [0, 0.1) is 5.92 Å². The largest absolute Gasteiger partial charge is 0.298 e. The van der Waals surface area contributed by atoms with E-state index in [-0.39, 0.29) is 5.56 Å². The van der Waals surface area contributed by atoms with E-state index in [1.165, 1.54) is 25.7 Å². The zero-order valence-corrected chi connectivity index (χ0v) is 12.9. The number of hydrogen-bond donors (Lipinski definition) is 1. The molecule has 0 atom stereocenters. The first-order valence-corrected chi connectivity index (χ1v) is 7.87. The minimum Gasteiger partial charge on any atom is -0.298 e. The van der Waals surface area contributed by atoms with Gasteiger partial charge in [-0.15, -0.1) is 0 Å². The first-order chi connectivity index (χ1) is 8.59. The van der Waals surface area contributed by atoms with E-state index in [1.807, 2.05) is 4.68 Å². The van der Waals surface area contributed by atoms with E-state index in [0.717, 1.165) is 29.4 Å². The third-order valence-electron chi connectivity index (χ3n) is 3.73. The first-order valence-electron chi connectivity index (χ1n) is 7.08. The van der Waals surface area contributed by atoms with E-state index in [2.05, 4.69) is 34.9 Å². The Hall–Kier alpha value is -0.510. The maximum absolute atomic E-state index is 12.3. The van der Waals surface area contributed by atoms with Crippen molar-refractivity contribution < 1.29 is 0 Å². The quantitative estimate of drug-likeness (QED) is 0.840. The summed E-state index contributed by atoms with van der Waals surface area (Å²) in [5.41, 5.74) is 1.18. The molecule has 1 N–H and O–H groups in total. The minimum atomic E-state index is 0.123. The zero-order chi connectivity index (χ0) is 13.1. The number of hydrogen-bond acceptors (Lipinski definition) is 1.